The van der Waals surface area contributed by atoms with Crippen LogP contribution in [-0.2, 0) is 19.7 Å². The minimum absolute atomic E-state index is 0.00500. The van der Waals surface area contributed by atoms with Crippen LogP contribution in [0.4, 0.5) is 0 Å². The third-order valence-corrected chi connectivity index (χ3v) is 8.35. The second kappa shape index (κ2) is 7.67. The monoisotopic (exact) mass is 459 g/mol. The summed E-state index contributed by atoms with van der Waals surface area (Å²) in [5.41, 5.74) is -0.0594. The van der Waals surface area contributed by atoms with Gasteiger partial charge in [-0.1, -0.05) is 5.21 Å². The van der Waals surface area contributed by atoms with E-state index in [9.17, 15) is 16.8 Å². The Morgan fingerprint density at radius 2 is 1.13 bits per heavy atom. The second-order valence-corrected chi connectivity index (χ2v) is 10.3. The molecule has 0 atom stereocenters. The molecule has 1 aromatic heterocycles. The molecule has 0 aliphatic heterocycles. The van der Waals surface area contributed by atoms with Crippen LogP contribution in [0.15, 0.2) is 80.2 Å². The zero-order valence-electron chi connectivity index (χ0n) is 16.4. The van der Waals surface area contributed by atoms with Crippen molar-refractivity contribution in [3.63, 3.8) is 0 Å². The predicted molar refractivity (Wildman–Crippen MR) is 111 cm³/mol. The van der Waals surface area contributed by atoms with Crippen LogP contribution in [0.2, 0.25) is 0 Å². The topological polar surface area (TPSA) is 128 Å². The zero-order valence-corrected chi connectivity index (χ0v) is 18.1. The summed E-state index contributed by atoms with van der Waals surface area (Å²) in [5, 5.41) is 10.0. The van der Waals surface area contributed by atoms with E-state index in [1.54, 1.807) is 0 Å². The third kappa shape index (κ3) is 3.51. The number of aromatic amines is 1. The number of ether oxygens (including phenoxy) is 2. The number of fused-ring (bicyclic) bond motifs is 1. The summed E-state index contributed by atoms with van der Waals surface area (Å²) in [6.07, 6.45) is 0. The Morgan fingerprint density at radius 1 is 0.677 bits per heavy atom. The van der Waals surface area contributed by atoms with Crippen LogP contribution in [0.1, 0.15) is 0 Å². The molecule has 0 radical (unpaired) electrons. The molecular weight excluding hydrogens is 442 g/mol. The van der Waals surface area contributed by atoms with Crippen LogP contribution >= 0.6 is 0 Å². The summed E-state index contributed by atoms with van der Waals surface area (Å²) in [5.74, 6) is 1.01. The molecule has 4 rings (SSSR count). The predicted octanol–water partition coefficient (Wildman–Crippen LogP) is 2.64. The van der Waals surface area contributed by atoms with Gasteiger partial charge in [0.15, 0.2) is 0 Å². The maximum atomic E-state index is 13.2. The van der Waals surface area contributed by atoms with E-state index in [0.717, 1.165) is 0 Å². The van der Waals surface area contributed by atoms with E-state index in [1.807, 2.05) is 0 Å². The van der Waals surface area contributed by atoms with Gasteiger partial charge in [0.25, 0.3) is 0 Å². The summed E-state index contributed by atoms with van der Waals surface area (Å²) in [6, 6.07) is 14.2. The molecule has 160 valence electrons. The van der Waals surface area contributed by atoms with E-state index in [2.05, 4.69) is 15.4 Å². The molecule has 1 N–H and O–H groups in total. The molecular formula is C20H17N3O6S2. The number of methoxy groups -OCH3 is 2. The third-order valence-electron chi connectivity index (χ3n) is 4.73. The first-order valence-corrected chi connectivity index (χ1v) is 11.9. The van der Waals surface area contributed by atoms with Crippen LogP contribution in [0.5, 0.6) is 11.5 Å². The van der Waals surface area contributed by atoms with Gasteiger partial charge >= 0.3 is 0 Å². The molecule has 0 fully saturated rings. The first-order chi connectivity index (χ1) is 14.8. The molecule has 3 aromatic carbocycles. The van der Waals surface area contributed by atoms with Crippen molar-refractivity contribution in [3.8, 4) is 11.5 Å². The van der Waals surface area contributed by atoms with Gasteiger partial charge < -0.3 is 9.47 Å². The second-order valence-electron chi connectivity index (χ2n) is 6.46. The Labute approximate surface area is 178 Å². The van der Waals surface area contributed by atoms with Gasteiger partial charge in [0, 0.05) is 0 Å². The van der Waals surface area contributed by atoms with Gasteiger partial charge in [-0.2, -0.15) is 0 Å². The van der Waals surface area contributed by atoms with E-state index < -0.39 is 19.7 Å². The van der Waals surface area contributed by atoms with Crippen molar-refractivity contribution in [2.75, 3.05) is 14.2 Å². The molecule has 4 aromatic rings. The van der Waals surface area contributed by atoms with Crippen molar-refractivity contribution in [3.05, 3.63) is 60.7 Å². The van der Waals surface area contributed by atoms with Crippen molar-refractivity contribution in [2.45, 2.75) is 19.6 Å². The number of H-pyrrole nitrogens is 1. The summed E-state index contributed by atoms with van der Waals surface area (Å²) < 4.78 is 62.8. The minimum atomic E-state index is -3.99. The van der Waals surface area contributed by atoms with E-state index in [0.29, 0.717) is 11.5 Å². The largest absolute Gasteiger partial charge is 0.497 e. The Bertz CT molecular complexity index is 1350. The fourth-order valence-corrected chi connectivity index (χ4v) is 5.89. The highest BCUT2D eigenvalue weighted by atomic mass is 32.2. The van der Waals surface area contributed by atoms with Crippen LogP contribution in [0, 0.1) is 0 Å². The number of hydrogen-bond donors (Lipinski definition) is 1. The minimum Gasteiger partial charge on any atom is -0.497 e. The lowest BCUT2D eigenvalue weighted by Crippen LogP contribution is -2.07. The first kappa shape index (κ1) is 20.8. The average Bonchev–Trinajstić information content (AvgIpc) is 3.28. The molecule has 0 saturated carbocycles. The normalized spacial score (nSPS) is 12.1. The molecule has 0 unspecified atom stereocenters. The Morgan fingerprint density at radius 3 is 1.61 bits per heavy atom. The zero-order chi connectivity index (χ0) is 22.2. The van der Waals surface area contributed by atoms with Crippen LogP contribution in [0.25, 0.3) is 11.0 Å². The molecule has 0 aliphatic carbocycles. The highest BCUT2D eigenvalue weighted by molar-refractivity contribution is 7.92. The van der Waals surface area contributed by atoms with Crippen LogP contribution < -0.4 is 9.47 Å². The quantitative estimate of drug-likeness (QED) is 0.466. The van der Waals surface area contributed by atoms with Crippen LogP contribution in [0.3, 0.4) is 0 Å². The fraction of sp³-hybridized carbons (Fsp3) is 0.100. The van der Waals surface area contributed by atoms with Gasteiger partial charge in [0.2, 0.25) is 19.7 Å². The molecule has 31 heavy (non-hydrogen) atoms. The van der Waals surface area contributed by atoms with Crippen molar-refractivity contribution < 1.29 is 26.3 Å². The standard InChI is InChI=1S/C20H17N3O6S2/c1-28-13-3-7-15(8-4-13)30(24,25)17-11-12-18(20-19(17)21-23-22-20)31(26,27)16-9-5-14(29-2)6-10-16/h3-12H,1-2H3,(H,21,22,23). The SMILES string of the molecule is COc1ccc(S(=O)(=O)c2ccc(S(=O)(=O)c3ccc(OC)cc3)c3[nH]nnc23)cc1. The molecule has 1 heterocycles. The van der Waals surface area contributed by atoms with Gasteiger partial charge in [-0.25, -0.2) is 16.8 Å². The van der Waals surface area contributed by atoms with Gasteiger partial charge in [-0.15, -0.1) is 5.10 Å². The van der Waals surface area contributed by atoms with Crippen molar-refractivity contribution in [1.29, 1.82) is 0 Å². The van der Waals surface area contributed by atoms with Gasteiger partial charge in [0.1, 0.15) is 27.4 Å². The maximum absolute atomic E-state index is 13.2. The maximum Gasteiger partial charge on any atom is 0.208 e. The number of sulfone groups is 2. The van der Waals surface area contributed by atoms with E-state index in [-0.39, 0.29) is 30.6 Å². The molecule has 0 amide bonds. The van der Waals surface area contributed by atoms with E-state index >= 15 is 0 Å². The Balaban J connectivity index is 1.85. The lowest BCUT2D eigenvalue weighted by Gasteiger charge is -2.10. The molecule has 0 saturated heterocycles. The first-order valence-electron chi connectivity index (χ1n) is 8.91. The lowest BCUT2D eigenvalue weighted by atomic mass is 10.3. The molecule has 0 bridgehead atoms. The van der Waals surface area contributed by atoms with Crippen molar-refractivity contribution in [2.24, 2.45) is 0 Å². The molecule has 0 spiro atoms. The summed E-state index contributed by atoms with van der Waals surface area (Å²) in [6.45, 7) is 0. The van der Waals surface area contributed by atoms with Gasteiger partial charge in [-0.05, 0) is 60.7 Å². The van der Waals surface area contributed by atoms with Crippen molar-refractivity contribution >= 4 is 30.7 Å². The number of aromatic nitrogens is 3. The number of nitrogens with one attached hydrogen (secondary N) is 1. The molecule has 9 nitrogen and oxygen atoms in total. The number of nitrogens with zero attached hydrogens (tertiary/aromatic N) is 2. The summed E-state index contributed by atoms with van der Waals surface area (Å²) >= 11 is 0. The van der Waals surface area contributed by atoms with Crippen LogP contribution in [-0.4, -0.2) is 46.5 Å². The highest BCUT2D eigenvalue weighted by Gasteiger charge is 2.28. The number of benzene rings is 3. The van der Waals surface area contributed by atoms with Crippen molar-refractivity contribution in [1.82, 2.24) is 15.4 Å². The average molecular weight is 460 g/mol. The Kier molecular flexibility index (Phi) is 5.15. The highest BCUT2D eigenvalue weighted by Crippen LogP contribution is 2.33. The fourth-order valence-electron chi connectivity index (χ4n) is 3.09. The number of hydrogen-bond acceptors (Lipinski definition) is 8. The van der Waals surface area contributed by atoms with E-state index in [4.69, 9.17) is 9.47 Å². The van der Waals surface area contributed by atoms with Gasteiger partial charge in [-0.3, -0.25) is 5.10 Å². The van der Waals surface area contributed by atoms with Gasteiger partial charge in [0.05, 0.1) is 28.9 Å². The molecule has 0 aliphatic rings. The van der Waals surface area contributed by atoms with E-state index in [1.165, 1.54) is 74.9 Å². The lowest BCUT2D eigenvalue weighted by molar-refractivity contribution is 0.414. The summed E-state index contributed by atoms with van der Waals surface area (Å²) in [7, 11) is -5.01. The summed E-state index contributed by atoms with van der Waals surface area (Å²) in [4.78, 5) is -0.250. The Hall–Kier alpha value is -3.44. The smallest absolute Gasteiger partial charge is 0.208 e. The number of rotatable bonds is 6. The molecule has 11 heteroatoms.